The van der Waals surface area contributed by atoms with Gasteiger partial charge in [0.1, 0.15) is 0 Å². The number of furan rings is 1. The molecule has 6 heteroatoms. The van der Waals surface area contributed by atoms with Crippen molar-refractivity contribution < 1.29 is 19.1 Å². The zero-order valence-corrected chi connectivity index (χ0v) is 8.24. The van der Waals surface area contributed by atoms with E-state index in [9.17, 15) is 9.59 Å². The third kappa shape index (κ3) is 3.34. The van der Waals surface area contributed by atoms with Gasteiger partial charge in [0, 0.05) is 12.6 Å². The monoisotopic (exact) mass is 212 g/mol. The van der Waals surface area contributed by atoms with Gasteiger partial charge in [-0.15, -0.1) is 0 Å². The second kappa shape index (κ2) is 5.04. The fourth-order valence-electron chi connectivity index (χ4n) is 0.975. The maximum Gasteiger partial charge on any atom is 0.371 e. The third-order valence-corrected chi connectivity index (χ3v) is 1.61. The maximum absolute atomic E-state index is 11.0. The largest absolute Gasteiger partial charge is 0.475 e. The summed E-state index contributed by atoms with van der Waals surface area (Å²) in [5.41, 5.74) is 0. The Morgan fingerprint density at radius 3 is 2.73 bits per heavy atom. The highest BCUT2D eigenvalue weighted by molar-refractivity contribution is 5.85. The van der Waals surface area contributed by atoms with E-state index >= 15 is 0 Å². The van der Waals surface area contributed by atoms with Gasteiger partial charge in [0.15, 0.2) is 5.88 Å². The molecule has 82 valence electrons. The molecule has 0 aliphatic heterocycles. The van der Waals surface area contributed by atoms with Crippen LogP contribution in [-0.4, -0.2) is 30.1 Å². The predicted octanol–water partition coefficient (Wildman–Crippen LogP) is 0.526. The topological polar surface area (TPSA) is 91.6 Å². The molecule has 0 unspecified atom stereocenters. The lowest BCUT2D eigenvalue weighted by Gasteiger charge is -2.02. The fourth-order valence-corrected chi connectivity index (χ4v) is 0.975. The van der Waals surface area contributed by atoms with E-state index in [1.165, 1.54) is 12.1 Å². The average Bonchev–Trinajstić information content (AvgIpc) is 2.63. The van der Waals surface area contributed by atoms with E-state index in [1.807, 2.05) is 6.92 Å². The first-order valence-electron chi connectivity index (χ1n) is 4.47. The highest BCUT2D eigenvalue weighted by atomic mass is 16.4. The zero-order chi connectivity index (χ0) is 11.3. The molecule has 1 heterocycles. The van der Waals surface area contributed by atoms with Crippen LogP contribution in [0.3, 0.4) is 0 Å². The summed E-state index contributed by atoms with van der Waals surface area (Å²) in [4.78, 5) is 21.5. The molecule has 6 nitrogen and oxygen atoms in total. The van der Waals surface area contributed by atoms with E-state index in [2.05, 4.69) is 10.6 Å². The SMILES string of the molecule is CCNC(=O)CNc1ccc(C(=O)O)o1. The number of nitrogens with one attached hydrogen (secondary N) is 2. The van der Waals surface area contributed by atoms with E-state index in [-0.39, 0.29) is 24.1 Å². The Bertz CT molecular complexity index is 359. The molecule has 0 spiro atoms. The summed E-state index contributed by atoms with van der Waals surface area (Å²) in [7, 11) is 0. The van der Waals surface area contributed by atoms with Crippen LogP contribution >= 0.6 is 0 Å². The van der Waals surface area contributed by atoms with Gasteiger partial charge in [0.25, 0.3) is 0 Å². The molecule has 1 rings (SSSR count). The highest BCUT2D eigenvalue weighted by Gasteiger charge is 2.09. The van der Waals surface area contributed by atoms with E-state index in [0.29, 0.717) is 6.54 Å². The van der Waals surface area contributed by atoms with Gasteiger partial charge in [0.2, 0.25) is 11.7 Å². The molecule has 0 fully saturated rings. The second-order valence-electron chi connectivity index (χ2n) is 2.78. The average molecular weight is 212 g/mol. The second-order valence-corrected chi connectivity index (χ2v) is 2.78. The molecule has 1 aromatic rings. The number of carbonyl (C=O) groups is 2. The molecular formula is C9H12N2O4. The number of rotatable bonds is 5. The summed E-state index contributed by atoms with van der Waals surface area (Å²) >= 11 is 0. The van der Waals surface area contributed by atoms with Crippen molar-refractivity contribution in [1.82, 2.24) is 5.32 Å². The van der Waals surface area contributed by atoms with Crippen LogP contribution in [0.4, 0.5) is 5.88 Å². The molecule has 1 aromatic heterocycles. The quantitative estimate of drug-likeness (QED) is 0.662. The molecule has 0 saturated heterocycles. The normalized spacial score (nSPS) is 9.67. The number of anilines is 1. The van der Waals surface area contributed by atoms with Crippen LogP contribution < -0.4 is 10.6 Å². The lowest BCUT2D eigenvalue weighted by Crippen LogP contribution is -2.29. The maximum atomic E-state index is 11.0. The fraction of sp³-hybridized carbons (Fsp3) is 0.333. The first-order valence-corrected chi connectivity index (χ1v) is 4.47. The highest BCUT2D eigenvalue weighted by Crippen LogP contribution is 2.12. The lowest BCUT2D eigenvalue weighted by atomic mass is 10.4. The molecule has 0 aliphatic rings. The summed E-state index contributed by atoms with van der Waals surface area (Å²) in [6.45, 7) is 2.42. The number of aromatic carboxylic acids is 1. The van der Waals surface area contributed by atoms with E-state index < -0.39 is 5.97 Å². The minimum absolute atomic E-state index is 0.0560. The smallest absolute Gasteiger partial charge is 0.371 e. The van der Waals surface area contributed by atoms with Gasteiger partial charge in [-0.3, -0.25) is 4.79 Å². The first-order chi connectivity index (χ1) is 7.13. The number of carboxylic acid groups (broad SMARTS) is 1. The van der Waals surface area contributed by atoms with Gasteiger partial charge in [-0.05, 0) is 13.0 Å². The summed E-state index contributed by atoms with van der Waals surface area (Å²) in [5, 5.41) is 13.8. The molecule has 0 radical (unpaired) electrons. The van der Waals surface area contributed by atoms with Gasteiger partial charge in [-0.25, -0.2) is 4.79 Å². The summed E-state index contributed by atoms with van der Waals surface area (Å²) in [5.74, 6) is -1.21. The van der Waals surface area contributed by atoms with Gasteiger partial charge in [-0.1, -0.05) is 0 Å². The Labute approximate surface area is 86.3 Å². The standard InChI is InChI=1S/C9H12N2O4/c1-2-10-7(12)5-11-8-4-3-6(15-8)9(13)14/h3-4,11H,2,5H2,1H3,(H,10,12)(H,13,14). The van der Waals surface area contributed by atoms with Crippen LogP contribution in [0.5, 0.6) is 0 Å². The molecule has 1 amide bonds. The number of carboxylic acids is 1. The Morgan fingerprint density at radius 2 is 2.20 bits per heavy atom. The lowest BCUT2D eigenvalue weighted by molar-refractivity contribution is -0.119. The van der Waals surface area contributed by atoms with Gasteiger partial charge < -0.3 is 20.2 Å². The minimum Gasteiger partial charge on any atom is -0.475 e. The zero-order valence-electron chi connectivity index (χ0n) is 8.24. The van der Waals surface area contributed by atoms with Crippen LogP contribution in [0.25, 0.3) is 0 Å². The molecule has 0 saturated carbocycles. The molecule has 3 N–H and O–H groups in total. The van der Waals surface area contributed by atoms with Crippen molar-refractivity contribution in [2.75, 3.05) is 18.4 Å². The molecule has 15 heavy (non-hydrogen) atoms. The summed E-state index contributed by atoms with van der Waals surface area (Å²) in [6, 6.07) is 2.78. The van der Waals surface area contributed by atoms with Crippen molar-refractivity contribution in [2.24, 2.45) is 0 Å². The molecule has 0 aromatic carbocycles. The number of hydrogen-bond donors (Lipinski definition) is 3. The van der Waals surface area contributed by atoms with Crippen LogP contribution in [0.1, 0.15) is 17.5 Å². The minimum atomic E-state index is -1.14. The number of carbonyl (C=O) groups excluding carboxylic acids is 1. The van der Waals surface area contributed by atoms with Crippen molar-refractivity contribution >= 4 is 17.8 Å². The number of likely N-dealkylation sites (N-methyl/N-ethyl adjacent to an activating group) is 1. The number of hydrogen-bond acceptors (Lipinski definition) is 4. The van der Waals surface area contributed by atoms with Crippen LogP contribution in [0.15, 0.2) is 16.5 Å². The van der Waals surface area contributed by atoms with Crippen molar-refractivity contribution in [3.63, 3.8) is 0 Å². The molecule has 0 atom stereocenters. The molecule has 0 aliphatic carbocycles. The van der Waals surface area contributed by atoms with Crippen LogP contribution in [-0.2, 0) is 4.79 Å². The Balaban J connectivity index is 2.44. The van der Waals surface area contributed by atoms with Gasteiger partial charge in [0.05, 0.1) is 6.54 Å². The van der Waals surface area contributed by atoms with E-state index in [0.717, 1.165) is 0 Å². The summed E-state index contributed by atoms with van der Waals surface area (Å²) < 4.78 is 4.88. The third-order valence-electron chi connectivity index (χ3n) is 1.61. The summed E-state index contributed by atoms with van der Waals surface area (Å²) in [6.07, 6.45) is 0. The van der Waals surface area contributed by atoms with Gasteiger partial charge in [-0.2, -0.15) is 0 Å². The van der Waals surface area contributed by atoms with Crippen molar-refractivity contribution in [2.45, 2.75) is 6.92 Å². The molecule has 0 bridgehead atoms. The first kappa shape index (κ1) is 11.1. The van der Waals surface area contributed by atoms with Crippen molar-refractivity contribution in [3.8, 4) is 0 Å². The van der Waals surface area contributed by atoms with E-state index in [1.54, 1.807) is 0 Å². The Kier molecular flexibility index (Phi) is 3.73. The predicted molar refractivity (Wildman–Crippen MR) is 52.8 cm³/mol. The van der Waals surface area contributed by atoms with Crippen LogP contribution in [0, 0.1) is 0 Å². The van der Waals surface area contributed by atoms with Crippen molar-refractivity contribution in [3.05, 3.63) is 17.9 Å². The molecular weight excluding hydrogens is 200 g/mol. The van der Waals surface area contributed by atoms with Crippen molar-refractivity contribution in [1.29, 1.82) is 0 Å². The number of amides is 1. The Hall–Kier alpha value is -1.98. The van der Waals surface area contributed by atoms with E-state index in [4.69, 9.17) is 9.52 Å². The Morgan fingerprint density at radius 1 is 1.47 bits per heavy atom. The van der Waals surface area contributed by atoms with Gasteiger partial charge >= 0.3 is 5.97 Å². The van der Waals surface area contributed by atoms with Crippen LogP contribution in [0.2, 0.25) is 0 Å².